The molecule has 0 unspecified atom stereocenters. The molecule has 122 valence electrons. The summed E-state index contributed by atoms with van der Waals surface area (Å²) in [5, 5.41) is 7.37. The molecule has 2 aromatic rings. The van der Waals surface area contributed by atoms with Gasteiger partial charge in [-0.25, -0.2) is 4.68 Å². The van der Waals surface area contributed by atoms with Crippen LogP contribution in [0, 0.1) is 0 Å². The summed E-state index contributed by atoms with van der Waals surface area (Å²) in [4.78, 5) is 24.9. The Bertz CT molecular complexity index is 741. The number of nitrogens with one attached hydrogen (secondary N) is 1. The summed E-state index contributed by atoms with van der Waals surface area (Å²) in [6.45, 7) is 3.41. The van der Waals surface area contributed by atoms with Crippen molar-refractivity contribution in [3.8, 4) is 11.5 Å². The van der Waals surface area contributed by atoms with Gasteiger partial charge in [-0.05, 0) is 44.9 Å². The van der Waals surface area contributed by atoms with Crippen LogP contribution in [0.25, 0.3) is 11.5 Å². The molecule has 1 amide bonds. The van der Waals surface area contributed by atoms with Gasteiger partial charge < -0.3 is 9.73 Å². The molecular formula is C17H21N3O3. The maximum atomic E-state index is 12.6. The van der Waals surface area contributed by atoms with Crippen LogP contribution in [0.1, 0.15) is 39.5 Å². The fourth-order valence-electron chi connectivity index (χ4n) is 2.90. The molecule has 1 aliphatic carbocycles. The Labute approximate surface area is 134 Å². The number of carbonyl (C=O) groups excluding carboxylic acids is 1. The fraction of sp³-hybridized carbons (Fsp3) is 0.471. The Kier molecular flexibility index (Phi) is 4.07. The summed E-state index contributed by atoms with van der Waals surface area (Å²) in [5.74, 6) is 0.376. The number of amides is 1. The Balaban J connectivity index is 1.90. The summed E-state index contributed by atoms with van der Waals surface area (Å²) in [7, 11) is 0. The van der Waals surface area contributed by atoms with Crippen LogP contribution >= 0.6 is 0 Å². The predicted octanol–water partition coefficient (Wildman–Crippen LogP) is 2.30. The van der Waals surface area contributed by atoms with Crippen LogP contribution in [0.5, 0.6) is 0 Å². The maximum Gasteiger partial charge on any atom is 0.267 e. The van der Waals surface area contributed by atoms with Crippen molar-refractivity contribution in [2.24, 2.45) is 0 Å². The smallest absolute Gasteiger partial charge is 0.267 e. The molecule has 1 aliphatic rings. The van der Waals surface area contributed by atoms with E-state index in [4.69, 9.17) is 4.42 Å². The summed E-state index contributed by atoms with van der Waals surface area (Å²) in [6.07, 6.45) is 5.81. The van der Waals surface area contributed by atoms with Gasteiger partial charge in [-0.1, -0.05) is 12.8 Å². The van der Waals surface area contributed by atoms with Crippen LogP contribution in [0.3, 0.4) is 0 Å². The molecule has 0 atom stereocenters. The van der Waals surface area contributed by atoms with Crippen LogP contribution in [0.2, 0.25) is 0 Å². The number of carbonyl (C=O) groups is 1. The van der Waals surface area contributed by atoms with Gasteiger partial charge in [0.25, 0.3) is 5.56 Å². The average Bonchev–Trinajstić information content (AvgIpc) is 3.20. The van der Waals surface area contributed by atoms with Crippen LogP contribution in [-0.4, -0.2) is 21.7 Å². The van der Waals surface area contributed by atoms with Gasteiger partial charge in [0, 0.05) is 12.1 Å². The van der Waals surface area contributed by atoms with Gasteiger partial charge in [0.05, 0.1) is 6.26 Å². The van der Waals surface area contributed by atoms with E-state index in [0.29, 0.717) is 11.5 Å². The minimum atomic E-state index is -1.07. The number of furan rings is 1. The number of rotatable bonds is 4. The molecule has 0 aliphatic heterocycles. The third-order valence-corrected chi connectivity index (χ3v) is 4.35. The second kappa shape index (κ2) is 6.02. The van der Waals surface area contributed by atoms with Crippen molar-refractivity contribution in [1.82, 2.24) is 15.1 Å². The molecule has 6 heteroatoms. The van der Waals surface area contributed by atoms with Crippen LogP contribution in [0.4, 0.5) is 0 Å². The minimum Gasteiger partial charge on any atom is -0.463 e. The van der Waals surface area contributed by atoms with Gasteiger partial charge in [-0.15, -0.1) is 0 Å². The lowest BCUT2D eigenvalue weighted by Crippen LogP contribution is -2.51. The topological polar surface area (TPSA) is 77.1 Å². The highest BCUT2D eigenvalue weighted by molar-refractivity contribution is 5.83. The molecule has 1 N–H and O–H groups in total. The molecule has 3 rings (SSSR count). The van der Waals surface area contributed by atoms with Crippen molar-refractivity contribution >= 4 is 5.91 Å². The first-order chi connectivity index (χ1) is 11.0. The molecule has 0 saturated heterocycles. The highest BCUT2D eigenvalue weighted by atomic mass is 16.3. The largest absolute Gasteiger partial charge is 0.463 e. The monoisotopic (exact) mass is 315 g/mol. The average molecular weight is 315 g/mol. The SMILES string of the molecule is CC(C)(C(=O)NC1CCCC1)n1nc(-c2ccco2)ccc1=O. The molecule has 0 spiro atoms. The van der Waals surface area contributed by atoms with E-state index in [9.17, 15) is 9.59 Å². The van der Waals surface area contributed by atoms with Gasteiger partial charge in [0.15, 0.2) is 5.76 Å². The number of aromatic nitrogens is 2. The van der Waals surface area contributed by atoms with Gasteiger partial charge in [0.2, 0.25) is 5.91 Å². The van der Waals surface area contributed by atoms with Gasteiger partial charge >= 0.3 is 0 Å². The number of hydrogen-bond donors (Lipinski definition) is 1. The Morgan fingerprint density at radius 2 is 2.04 bits per heavy atom. The first-order valence-corrected chi connectivity index (χ1v) is 7.94. The summed E-state index contributed by atoms with van der Waals surface area (Å²) in [6, 6.07) is 6.73. The molecular weight excluding hydrogens is 294 g/mol. The summed E-state index contributed by atoms with van der Waals surface area (Å²) in [5.41, 5.74) is -0.856. The maximum absolute atomic E-state index is 12.6. The van der Waals surface area contributed by atoms with E-state index in [-0.39, 0.29) is 17.5 Å². The zero-order valence-electron chi connectivity index (χ0n) is 13.4. The van der Waals surface area contributed by atoms with Crippen molar-refractivity contribution < 1.29 is 9.21 Å². The van der Waals surface area contributed by atoms with E-state index >= 15 is 0 Å². The first-order valence-electron chi connectivity index (χ1n) is 7.94. The fourth-order valence-corrected chi connectivity index (χ4v) is 2.90. The quantitative estimate of drug-likeness (QED) is 0.939. The van der Waals surface area contributed by atoms with Crippen LogP contribution in [-0.2, 0) is 10.3 Å². The van der Waals surface area contributed by atoms with Gasteiger partial charge in [-0.3, -0.25) is 9.59 Å². The van der Waals surface area contributed by atoms with Crippen LogP contribution in [0.15, 0.2) is 39.7 Å². The molecule has 2 aromatic heterocycles. The molecule has 23 heavy (non-hydrogen) atoms. The normalized spacial score (nSPS) is 15.7. The van der Waals surface area contributed by atoms with Crippen LogP contribution < -0.4 is 10.9 Å². The van der Waals surface area contributed by atoms with Crippen molar-refractivity contribution in [2.75, 3.05) is 0 Å². The van der Waals surface area contributed by atoms with Gasteiger partial charge in [-0.2, -0.15) is 5.10 Å². The lowest BCUT2D eigenvalue weighted by Gasteiger charge is -2.27. The third kappa shape index (κ3) is 3.06. The highest BCUT2D eigenvalue weighted by Gasteiger charge is 2.34. The first kappa shape index (κ1) is 15.5. The predicted molar refractivity (Wildman–Crippen MR) is 85.9 cm³/mol. The zero-order chi connectivity index (χ0) is 16.4. The molecule has 0 bridgehead atoms. The number of nitrogens with zero attached hydrogens (tertiary/aromatic N) is 2. The molecule has 6 nitrogen and oxygen atoms in total. The van der Waals surface area contributed by atoms with E-state index in [1.165, 1.54) is 10.7 Å². The van der Waals surface area contributed by atoms with E-state index in [0.717, 1.165) is 25.7 Å². The summed E-state index contributed by atoms with van der Waals surface area (Å²) >= 11 is 0. The van der Waals surface area contributed by atoms with E-state index in [1.54, 1.807) is 38.3 Å². The van der Waals surface area contributed by atoms with Crippen molar-refractivity contribution in [1.29, 1.82) is 0 Å². The van der Waals surface area contributed by atoms with Crippen molar-refractivity contribution in [3.63, 3.8) is 0 Å². The molecule has 0 aromatic carbocycles. The molecule has 0 radical (unpaired) electrons. The van der Waals surface area contributed by atoms with E-state index in [2.05, 4.69) is 10.4 Å². The lowest BCUT2D eigenvalue weighted by molar-refractivity contribution is -0.129. The summed E-state index contributed by atoms with van der Waals surface area (Å²) < 4.78 is 6.55. The second-order valence-corrected chi connectivity index (χ2v) is 6.46. The highest BCUT2D eigenvalue weighted by Crippen LogP contribution is 2.21. The minimum absolute atomic E-state index is 0.185. The Morgan fingerprint density at radius 3 is 2.70 bits per heavy atom. The second-order valence-electron chi connectivity index (χ2n) is 6.46. The zero-order valence-corrected chi connectivity index (χ0v) is 13.4. The molecule has 1 saturated carbocycles. The van der Waals surface area contributed by atoms with Crippen molar-refractivity contribution in [2.45, 2.75) is 51.1 Å². The Morgan fingerprint density at radius 1 is 1.30 bits per heavy atom. The number of hydrogen-bond acceptors (Lipinski definition) is 4. The molecule has 2 heterocycles. The van der Waals surface area contributed by atoms with E-state index in [1.807, 2.05) is 0 Å². The standard InChI is InChI=1S/C17H21N3O3/c1-17(2,16(22)18-12-6-3-4-7-12)20-15(21)10-9-13(19-20)14-8-5-11-23-14/h5,8-12H,3-4,6-7H2,1-2H3,(H,18,22). The van der Waals surface area contributed by atoms with E-state index < -0.39 is 5.54 Å². The van der Waals surface area contributed by atoms with Gasteiger partial charge in [0.1, 0.15) is 11.2 Å². The van der Waals surface area contributed by atoms with Crippen molar-refractivity contribution in [3.05, 3.63) is 40.9 Å². The lowest BCUT2D eigenvalue weighted by atomic mass is 10.0. The third-order valence-electron chi connectivity index (χ3n) is 4.35. The Hall–Kier alpha value is -2.37. The molecule has 1 fully saturated rings.